The summed E-state index contributed by atoms with van der Waals surface area (Å²) < 4.78 is 0. The minimum Gasteiger partial charge on any atom is -0.349 e. The average molecular weight is 392 g/mol. The maximum absolute atomic E-state index is 12.6. The number of nitrogens with zero attached hydrogens (tertiary/aromatic N) is 2. The lowest BCUT2D eigenvalue weighted by atomic mass is 10.2. The maximum Gasteiger partial charge on any atom is 0.272 e. The number of H-pyrrole nitrogens is 1. The Morgan fingerprint density at radius 1 is 0.964 bits per heavy atom. The van der Waals surface area contributed by atoms with Gasteiger partial charge in [0, 0.05) is 28.1 Å². The Kier molecular flexibility index (Phi) is 4.71. The monoisotopic (exact) mass is 391 g/mol. The van der Waals surface area contributed by atoms with E-state index in [1.807, 2.05) is 56.3 Å². The molecule has 6 nitrogen and oxygen atoms in total. The molecular formula is C21H18ClN5O. The van der Waals surface area contributed by atoms with Gasteiger partial charge in [-0.3, -0.25) is 4.79 Å². The van der Waals surface area contributed by atoms with Gasteiger partial charge in [-0.15, -0.1) is 0 Å². The van der Waals surface area contributed by atoms with Crippen LogP contribution in [0.2, 0.25) is 5.02 Å². The molecule has 4 aromatic rings. The number of anilines is 3. The highest BCUT2D eigenvalue weighted by molar-refractivity contribution is 6.35. The van der Waals surface area contributed by atoms with Gasteiger partial charge in [0.1, 0.15) is 5.69 Å². The highest BCUT2D eigenvalue weighted by Gasteiger charge is 2.12. The van der Waals surface area contributed by atoms with E-state index in [1.54, 1.807) is 12.1 Å². The highest BCUT2D eigenvalue weighted by atomic mass is 35.5. The third-order valence-electron chi connectivity index (χ3n) is 4.21. The second-order valence-corrected chi connectivity index (χ2v) is 6.93. The molecule has 0 saturated carbocycles. The van der Waals surface area contributed by atoms with Crippen LogP contribution in [0, 0.1) is 13.8 Å². The fraction of sp³-hybridized carbons (Fsp3) is 0.0952. The van der Waals surface area contributed by atoms with E-state index in [9.17, 15) is 4.79 Å². The van der Waals surface area contributed by atoms with E-state index in [-0.39, 0.29) is 5.91 Å². The molecule has 0 radical (unpaired) electrons. The number of halogens is 1. The van der Waals surface area contributed by atoms with E-state index in [2.05, 4.69) is 25.6 Å². The summed E-state index contributed by atoms with van der Waals surface area (Å²) in [4.78, 5) is 24.4. The summed E-state index contributed by atoms with van der Waals surface area (Å²) >= 11 is 6.17. The molecule has 0 fully saturated rings. The summed E-state index contributed by atoms with van der Waals surface area (Å²) in [5.41, 5.74) is 4.40. The Balaban J connectivity index is 1.53. The fourth-order valence-electron chi connectivity index (χ4n) is 3.03. The zero-order valence-electron chi connectivity index (χ0n) is 15.4. The van der Waals surface area contributed by atoms with Crippen molar-refractivity contribution in [2.24, 2.45) is 0 Å². The van der Waals surface area contributed by atoms with Gasteiger partial charge in [0.15, 0.2) is 0 Å². The number of aryl methyl sites for hydroxylation is 2. The third kappa shape index (κ3) is 3.82. The molecule has 0 aliphatic heterocycles. The van der Waals surface area contributed by atoms with Crippen molar-refractivity contribution in [2.75, 3.05) is 10.6 Å². The molecule has 0 saturated heterocycles. The first-order valence-corrected chi connectivity index (χ1v) is 9.14. The summed E-state index contributed by atoms with van der Waals surface area (Å²) in [6, 6.07) is 16.6. The summed E-state index contributed by atoms with van der Waals surface area (Å²) in [5.74, 6) is 0.276. The maximum atomic E-state index is 12.6. The Hall–Kier alpha value is -3.38. The number of carbonyl (C=O) groups is 1. The van der Waals surface area contributed by atoms with Crippen molar-refractivity contribution in [3.63, 3.8) is 0 Å². The van der Waals surface area contributed by atoms with Crippen LogP contribution in [-0.4, -0.2) is 20.9 Å². The molecular weight excluding hydrogens is 374 g/mol. The predicted molar refractivity (Wildman–Crippen MR) is 112 cm³/mol. The van der Waals surface area contributed by atoms with Gasteiger partial charge >= 0.3 is 0 Å². The number of para-hydroxylation sites is 1. The Morgan fingerprint density at radius 2 is 1.68 bits per heavy atom. The fourth-order valence-corrected chi connectivity index (χ4v) is 3.25. The molecule has 4 rings (SSSR count). The molecule has 140 valence electrons. The average Bonchev–Trinajstić information content (AvgIpc) is 3.07. The van der Waals surface area contributed by atoms with Crippen molar-refractivity contribution in [3.8, 4) is 0 Å². The van der Waals surface area contributed by atoms with Crippen LogP contribution < -0.4 is 10.6 Å². The zero-order chi connectivity index (χ0) is 19.7. The summed E-state index contributed by atoms with van der Waals surface area (Å²) in [6.07, 6.45) is 0. The number of aromatic nitrogens is 3. The number of hydrogen-bond acceptors (Lipinski definition) is 4. The molecule has 0 atom stereocenters. The number of aromatic amines is 1. The van der Waals surface area contributed by atoms with Crippen LogP contribution in [0.15, 0.2) is 54.6 Å². The van der Waals surface area contributed by atoms with Gasteiger partial charge in [-0.1, -0.05) is 29.8 Å². The van der Waals surface area contributed by atoms with Crippen molar-refractivity contribution in [2.45, 2.75) is 13.8 Å². The Bertz CT molecular complexity index is 1160. The smallest absolute Gasteiger partial charge is 0.272 e. The first-order valence-electron chi connectivity index (χ1n) is 8.76. The van der Waals surface area contributed by atoms with Crippen molar-refractivity contribution >= 4 is 45.7 Å². The van der Waals surface area contributed by atoms with Crippen LogP contribution in [0.1, 0.15) is 21.9 Å². The predicted octanol–water partition coefficient (Wildman–Crippen LogP) is 5.22. The molecule has 2 aromatic heterocycles. The summed E-state index contributed by atoms with van der Waals surface area (Å²) in [7, 11) is 0. The lowest BCUT2D eigenvalue weighted by Gasteiger charge is -2.09. The minimum absolute atomic E-state index is 0.243. The number of benzene rings is 2. The van der Waals surface area contributed by atoms with E-state index in [1.165, 1.54) is 0 Å². The quantitative estimate of drug-likeness (QED) is 0.445. The van der Waals surface area contributed by atoms with Gasteiger partial charge in [0.05, 0.1) is 10.5 Å². The Morgan fingerprint density at radius 3 is 2.43 bits per heavy atom. The van der Waals surface area contributed by atoms with Gasteiger partial charge in [0.25, 0.3) is 5.91 Å². The van der Waals surface area contributed by atoms with Crippen LogP contribution in [0.25, 0.3) is 10.9 Å². The number of hydrogen-bond donors (Lipinski definition) is 3. The van der Waals surface area contributed by atoms with Gasteiger partial charge < -0.3 is 15.6 Å². The van der Waals surface area contributed by atoms with Gasteiger partial charge in [-0.25, -0.2) is 9.97 Å². The highest BCUT2D eigenvalue weighted by Crippen LogP contribution is 2.24. The molecule has 2 aromatic carbocycles. The molecule has 0 spiro atoms. The van der Waals surface area contributed by atoms with E-state index in [0.717, 1.165) is 28.0 Å². The largest absolute Gasteiger partial charge is 0.349 e. The van der Waals surface area contributed by atoms with Gasteiger partial charge in [-0.05, 0) is 50.2 Å². The molecule has 1 amide bonds. The second kappa shape index (κ2) is 7.32. The SMILES string of the molecule is Cc1cc(C)nc(Nc2cccc(NC(=O)c3cc4cccc(Cl)c4[nH]3)c2)n1. The minimum atomic E-state index is -0.243. The molecule has 7 heteroatoms. The van der Waals surface area contributed by atoms with Crippen molar-refractivity contribution in [1.29, 1.82) is 0 Å². The molecule has 0 unspecified atom stereocenters. The van der Waals surface area contributed by atoms with Crippen LogP contribution in [0.5, 0.6) is 0 Å². The molecule has 28 heavy (non-hydrogen) atoms. The second-order valence-electron chi connectivity index (χ2n) is 6.52. The molecule has 0 bridgehead atoms. The number of amides is 1. The van der Waals surface area contributed by atoms with E-state index in [0.29, 0.717) is 22.4 Å². The summed E-state index contributed by atoms with van der Waals surface area (Å²) in [5, 5.41) is 7.53. The molecule has 3 N–H and O–H groups in total. The lowest BCUT2D eigenvalue weighted by molar-refractivity contribution is 0.102. The number of carbonyl (C=O) groups excluding carboxylic acids is 1. The summed E-state index contributed by atoms with van der Waals surface area (Å²) in [6.45, 7) is 3.84. The zero-order valence-corrected chi connectivity index (χ0v) is 16.1. The van der Waals surface area contributed by atoms with E-state index in [4.69, 9.17) is 11.6 Å². The van der Waals surface area contributed by atoms with E-state index < -0.39 is 0 Å². The van der Waals surface area contributed by atoms with Crippen LogP contribution >= 0.6 is 11.6 Å². The van der Waals surface area contributed by atoms with Crippen LogP contribution in [0.3, 0.4) is 0 Å². The van der Waals surface area contributed by atoms with Gasteiger partial charge in [-0.2, -0.15) is 0 Å². The van der Waals surface area contributed by atoms with Crippen molar-refractivity contribution in [1.82, 2.24) is 15.0 Å². The first kappa shape index (κ1) is 18.0. The van der Waals surface area contributed by atoms with Crippen molar-refractivity contribution < 1.29 is 4.79 Å². The molecule has 0 aliphatic rings. The van der Waals surface area contributed by atoms with Gasteiger partial charge in [0.2, 0.25) is 5.95 Å². The third-order valence-corrected chi connectivity index (χ3v) is 4.52. The normalized spacial score (nSPS) is 10.8. The lowest BCUT2D eigenvalue weighted by Crippen LogP contribution is -2.12. The van der Waals surface area contributed by atoms with Crippen LogP contribution in [-0.2, 0) is 0 Å². The number of fused-ring (bicyclic) bond motifs is 1. The van der Waals surface area contributed by atoms with Crippen molar-refractivity contribution in [3.05, 3.63) is 76.7 Å². The van der Waals surface area contributed by atoms with Crippen LogP contribution in [0.4, 0.5) is 17.3 Å². The first-order chi connectivity index (χ1) is 13.5. The van der Waals surface area contributed by atoms with E-state index >= 15 is 0 Å². The molecule has 0 aliphatic carbocycles. The topological polar surface area (TPSA) is 82.7 Å². The number of nitrogens with one attached hydrogen (secondary N) is 3. The molecule has 2 heterocycles. The standard InChI is InChI=1S/C21H18ClN5O/c1-12-9-13(2)24-21(23-12)26-16-7-4-6-15(11-16)25-20(28)18-10-14-5-3-8-17(22)19(14)27-18/h3-11,27H,1-2H3,(H,25,28)(H,23,24,26). The Labute approximate surface area is 167 Å². The number of rotatable bonds is 4.